The van der Waals surface area contributed by atoms with E-state index in [9.17, 15) is 15.2 Å². The lowest BCUT2D eigenvalue weighted by Crippen LogP contribution is -2.34. The number of nitrogens with zero attached hydrogens (tertiary/aromatic N) is 5. The second kappa shape index (κ2) is 17.1. The van der Waals surface area contributed by atoms with E-state index in [1.807, 2.05) is 17.8 Å². The number of carbonyl (C=O) groups is 1. The summed E-state index contributed by atoms with van der Waals surface area (Å²) in [6, 6.07) is 33.3. The van der Waals surface area contributed by atoms with Crippen molar-refractivity contribution in [2.24, 2.45) is 0 Å². The normalized spacial score (nSPS) is 15.1. The minimum atomic E-state index is -1.29. The number of unbranched alkanes of at least 4 members (excludes halogenated alkanes) is 3. The van der Waals surface area contributed by atoms with Crippen LogP contribution >= 0.6 is 34.8 Å². The number of fused-ring (bicyclic) bond motifs is 4. The standard InChI is InChI=1S/C52H45N5O4S3/c1-2-3-4-5-8-31-11-16-39(17-12-31)57-41-19-14-32(37-26-34-9-6-21-56-22-7-10-35(27-37)47(34)56)28-43(41)62-44-29-36(15-20-42(44)57)50-48-49(61-24-23-60-48)51(63-50)40-18-13-33(25-38(30-53)52(58)59)45-46(40)55-64-54-45/h11-20,25-29H,2-10,21-24H2,1H3,(H,58,59). The number of aryl methyl sites for hydroxylation is 3. The number of hydrogen-bond donors (Lipinski definition) is 1. The van der Waals surface area contributed by atoms with E-state index in [2.05, 4.69) is 98.3 Å². The third kappa shape index (κ3) is 7.29. The van der Waals surface area contributed by atoms with Gasteiger partial charge in [0.2, 0.25) is 0 Å². The van der Waals surface area contributed by atoms with Crippen LogP contribution in [0, 0.1) is 11.3 Å². The van der Waals surface area contributed by atoms with Crippen molar-refractivity contribution in [3.8, 4) is 49.6 Å². The molecule has 0 atom stereocenters. The highest BCUT2D eigenvalue weighted by Crippen LogP contribution is 2.58. The quantitative estimate of drug-likeness (QED) is 0.0765. The molecule has 0 amide bonds. The lowest BCUT2D eigenvalue weighted by molar-refractivity contribution is -0.132. The predicted octanol–water partition coefficient (Wildman–Crippen LogP) is 13.3. The fourth-order valence-corrected chi connectivity index (χ4v) is 12.7. The molecule has 12 heteroatoms. The number of rotatable bonds is 11. The van der Waals surface area contributed by atoms with E-state index in [1.165, 1.54) is 102 Å². The van der Waals surface area contributed by atoms with Gasteiger partial charge in [-0.2, -0.15) is 14.0 Å². The molecule has 0 aliphatic carbocycles. The van der Waals surface area contributed by atoms with Crippen LogP contribution in [0.5, 0.6) is 11.5 Å². The van der Waals surface area contributed by atoms with Crippen LogP contribution in [-0.2, 0) is 24.1 Å². The summed E-state index contributed by atoms with van der Waals surface area (Å²) in [7, 11) is 0. The molecular formula is C52H45N5O4S3. The highest BCUT2D eigenvalue weighted by Gasteiger charge is 2.32. The predicted molar refractivity (Wildman–Crippen MR) is 259 cm³/mol. The molecule has 11 rings (SSSR count). The number of carboxylic acid groups (broad SMARTS) is 1. The zero-order valence-corrected chi connectivity index (χ0v) is 37.9. The van der Waals surface area contributed by atoms with Gasteiger partial charge in [0.15, 0.2) is 11.5 Å². The van der Waals surface area contributed by atoms with Crippen molar-refractivity contribution in [1.82, 2.24) is 8.75 Å². The molecule has 320 valence electrons. The summed E-state index contributed by atoms with van der Waals surface area (Å²) < 4.78 is 21.9. The van der Waals surface area contributed by atoms with Gasteiger partial charge in [0, 0.05) is 45.4 Å². The molecule has 6 heterocycles. The van der Waals surface area contributed by atoms with Crippen molar-refractivity contribution in [3.63, 3.8) is 0 Å². The van der Waals surface area contributed by atoms with Crippen LogP contribution in [-0.4, -0.2) is 46.1 Å². The first-order valence-electron chi connectivity index (χ1n) is 22.3. The summed E-state index contributed by atoms with van der Waals surface area (Å²) in [6.45, 7) is 5.44. The lowest BCUT2D eigenvalue weighted by Gasteiger charge is -2.37. The van der Waals surface area contributed by atoms with Crippen molar-refractivity contribution in [1.29, 1.82) is 5.26 Å². The van der Waals surface area contributed by atoms with E-state index in [4.69, 9.17) is 9.47 Å². The SMILES string of the molecule is CCCCCCc1ccc(N2c3ccc(-c4cc5c6c(c4)CCCN6CCC5)cc3Sc3cc(-c4sc(-c5ccc(C=C(C#N)C(=O)O)c6nsnc56)c5c4OCCO5)ccc32)cc1. The average Bonchev–Trinajstić information content (AvgIpc) is 3.98. The molecule has 5 aromatic carbocycles. The second-order valence-electron chi connectivity index (χ2n) is 16.9. The molecule has 4 aliphatic rings. The number of carboxylic acids is 1. The number of thiophene rings is 1. The fourth-order valence-electron chi connectivity index (χ4n) is 9.75. The first kappa shape index (κ1) is 40.6. The number of aromatic nitrogens is 2. The summed E-state index contributed by atoms with van der Waals surface area (Å²) in [5.74, 6) is 0.0760. The number of anilines is 4. The fraction of sp³-hybridized carbons (Fsp3) is 0.269. The summed E-state index contributed by atoms with van der Waals surface area (Å²) in [4.78, 5) is 20.9. The Morgan fingerprint density at radius 3 is 2.19 bits per heavy atom. The van der Waals surface area contributed by atoms with Crippen LogP contribution in [0.4, 0.5) is 22.7 Å². The van der Waals surface area contributed by atoms with Gasteiger partial charge in [-0.15, -0.1) is 11.3 Å². The minimum Gasteiger partial charge on any atom is -0.485 e. The van der Waals surface area contributed by atoms with Crippen LogP contribution in [0.25, 0.3) is 49.1 Å². The van der Waals surface area contributed by atoms with Crippen LogP contribution in [0.3, 0.4) is 0 Å². The van der Waals surface area contributed by atoms with Crippen LogP contribution < -0.4 is 19.3 Å². The van der Waals surface area contributed by atoms with Gasteiger partial charge >= 0.3 is 5.97 Å². The van der Waals surface area contributed by atoms with Gasteiger partial charge in [0.25, 0.3) is 0 Å². The minimum absolute atomic E-state index is 0.369. The van der Waals surface area contributed by atoms with E-state index >= 15 is 0 Å². The molecule has 0 radical (unpaired) electrons. The monoisotopic (exact) mass is 899 g/mol. The molecule has 2 aromatic heterocycles. The van der Waals surface area contributed by atoms with Crippen molar-refractivity contribution in [2.45, 2.75) is 74.5 Å². The van der Waals surface area contributed by atoms with E-state index in [1.54, 1.807) is 23.5 Å². The summed E-state index contributed by atoms with van der Waals surface area (Å²) in [6.07, 6.45) is 12.1. The summed E-state index contributed by atoms with van der Waals surface area (Å²) in [5.41, 5.74) is 15.0. The number of nitriles is 1. The van der Waals surface area contributed by atoms with E-state index in [0.29, 0.717) is 41.3 Å². The molecule has 0 saturated carbocycles. The Morgan fingerprint density at radius 1 is 0.797 bits per heavy atom. The van der Waals surface area contributed by atoms with E-state index in [0.717, 1.165) is 68.1 Å². The zero-order chi connectivity index (χ0) is 43.3. The largest absolute Gasteiger partial charge is 0.485 e. The molecule has 0 fully saturated rings. The molecule has 0 spiro atoms. The van der Waals surface area contributed by atoms with Gasteiger partial charge < -0.3 is 24.4 Å². The number of hydrogen-bond acceptors (Lipinski definition) is 11. The van der Waals surface area contributed by atoms with Gasteiger partial charge in [-0.25, -0.2) is 4.79 Å². The summed E-state index contributed by atoms with van der Waals surface area (Å²) in [5, 5.41) is 19.0. The van der Waals surface area contributed by atoms with E-state index in [-0.39, 0.29) is 5.57 Å². The molecule has 7 aromatic rings. The smallest absolute Gasteiger partial charge is 0.346 e. The lowest BCUT2D eigenvalue weighted by atomic mass is 9.88. The van der Waals surface area contributed by atoms with Crippen LogP contribution in [0.2, 0.25) is 0 Å². The highest BCUT2D eigenvalue weighted by atomic mass is 32.2. The molecule has 64 heavy (non-hydrogen) atoms. The van der Waals surface area contributed by atoms with Gasteiger partial charge in [-0.3, -0.25) is 0 Å². The first-order valence-corrected chi connectivity index (χ1v) is 24.6. The Morgan fingerprint density at radius 2 is 1.48 bits per heavy atom. The first-order chi connectivity index (χ1) is 31.4. The maximum Gasteiger partial charge on any atom is 0.346 e. The maximum absolute atomic E-state index is 11.7. The topological polar surface area (TPSA) is 112 Å². The third-order valence-corrected chi connectivity index (χ3v) is 15.7. The Labute approximate surface area is 384 Å². The zero-order valence-electron chi connectivity index (χ0n) is 35.5. The maximum atomic E-state index is 11.7. The molecule has 0 saturated heterocycles. The van der Waals surface area contributed by atoms with Crippen LogP contribution in [0.1, 0.15) is 67.7 Å². The van der Waals surface area contributed by atoms with E-state index < -0.39 is 5.97 Å². The highest BCUT2D eigenvalue weighted by molar-refractivity contribution is 7.99. The van der Waals surface area contributed by atoms with Gasteiger partial charge in [-0.1, -0.05) is 74.3 Å². The Hall–Kier alpha value is -6.13. The number of benzene rings is 5. The van der Waals surface area contributed by atoms with Gasteiger partial charge in [0.05, 0.1) is 32.9 Å². The average molecular weight is 900 g/mol. The van der Waals surface area contributed by atoms with Crippen molar-refractivity contribution in [3.05, 3.63) is 113 Å². The van der Waals surface area contributed by atoms with Crippen molar-refractivity contribution >= 4 is 80.7 Å². The molecule has 1 N–H and O–H groups in total. The van der Waals surface area contributed by atoms with Gasteiger partial charge in [0.1, 0.15) is 35.9 Å². The van der Waals surface area contributed by atoms with Gasteiger partial charge in [-0.05, 0) is 127 Å². The molecular weight excluding hydrogens is 855 g/mol. The Kier molecular flexibility index (Phi) is 10.9. The van der Waals surface area contributed by atoms with Crippen molar-refractivity contribution in [2.75, 3.05) is 36.1 Å². The number of ether oxygens (including phenoxy) is 2. The third-order valence-electron chi connectivity index (χ3n) is 12.8. The number of aliphatic carboxylic acids is 1. The van der Waals surface area contributed by atoms with Crippen LogP contribution in [0.15, 0.2) is 100 Å². The molecule has 0 unspecified atom stereocenters. The van der Waals surface area contributed by atoms with Crippen molar-refractivity contribution < 1.29 is 19.4 Å². The molecule has 4 aliphatic heterocycles. The Balaban J connectivity index is 1.00. The second-order valence-corrected chi connectivity index (χ2v) is 19.5. The Bertz CT molecular complexity index is 3020. The summed E-state index contributed by atoms with van der Waals surface area (Å²) >= 11 is 4.46. The molecule has 0 bridgehead atoms. The molecule has 9 nitrogen and oxygen atoms in total.